The Morgan fingerprint density at radius 2 is 1.17 bits per heavy atom. The first-order chi connectivity index (χ1) is 17.7. The zero-order chi connectivity index (χ0) is 24.6. The predicted octanol–water partition coefficient (Wildman–Crippen LogP) is 7.73. The molecule has 0 fully saturated rings. The molecule has 0 radical (unpaired) electrons. The summed E-state index contributed by atoms with van der Waals surface area (Å²) in [5.74, 6) is 6.69. The van der Waals surface area contributed by atoms with E-state index in [4.69, 9.17) is 0 Å². The third-order valence-corrected chi connectivity index (χ3v) is 9.44. The van der Waals surface area contributed by atoms with Crippen molar-refractivity contribution >= 4 is 23.1 Å². The molecule has 0 atom stereocenters. The van der Waals surface area contributed by atoms with E-state index in [0.717, 1.165) is 51.9 Å². The van der Waals surface area contributed by atoms with Gasteiger partial charge in [0.15, 0.2) is 7.14 Å². The van der Waals surface area contributed by atoms with Crippen molar-refractivity contribution in [2.45, 2.75) is 19.3 Å². The standard InChI is InChI=1S/C34H27OP/c35-36(32-20-9-3-10-21-32,33-22-11-4-12-23-33)34(31-16-7-2-8-17-31)27-26-30-19-13-18-29(30)25-24-28-14-5-1-6-15-28/h1-12,14-17,20-23,26H,13,18-19H2. The van der Waals surface area contributed by atoms with Crippen LogP contribution in [0.3, 0.4) is 0 Å². The second-order valence-corrected chi connectivity index (χ2v) is 11.5. The normalized spacial score (nSPS) is 12.9. The average Bonchev–Trinajstić information content (AvgIpc) is 3.41. The Bertz CT molecular complexity index is 1490. The number of hydrogen-bond acceptors (Lipinski definition) is 1. The highest BCUT2D eigenvalue weighted by Crippen LogP contribution is 2.56. The molecule has 0 N–H and O–H groups in total. The van der Waals surface area contributed by atoms with Gasteiger partial charge in [-0.05, 0) is 48.6 Å². The van der Waals surface area contributed by atoms with Crippen molar-refractivity contribution in [1.82, 2.24) is 0 Å². The van der Waals surface area contributed by atoms with Crippen LogP contribution in [0.1, 0.15) is 30.4 Å². The summed E-state index contributed by atoms with van der Waals surface area (Å²) in [6.07, 6.45) is 5.02. The van der Waals surface area contributed by atoms with Gasteiger partial charge in [0.2, 0.25) is 0 Å². The van der Waals surface area contributed by atoms with E-state index in [9.17, 15) is 0 Å². The first-order valence-corrected chi connectivity index (χ1v) is 14.0. The molecule has 1 aliphatic carbocycles. The summed E-state index contributed by atoms with van der Waals surface area (Å²) in [5, 5.41) is 2.33. The van der Waals surface area contributed by atoms with E-state index < -0.39 is 7.14 Å². The van der Waals surface area contributed by atoms with E-state index >= 15 is 4.57 Å². The van der Waals surface area contributed by atoms with Crippen molar-refractivity contribution in [2.24, 2.45) is 0 Å². The fourth-order valence-corrected chi connectivity index (χ4v) is 7.29. The van der Waals surface area contributed by atoms with Crippen LogP contribution in [0.2, 0.25) is 0 Å². The van der Waals surface area contributed by atoms with E-state index in [-0.39, 0.29) is 0 Å². The lowest BCUT2D eigenvalue weighted by Crippen LogP contribution is -2.16. The lowest BCUT2D eigenvalue weighted by Gasteiger charge is -2.21. The van der Waals surface area contributed by atoms with Gasteiger partial charge >= 0.3 is 0 Å². The van der Waals surface area contributed by atoms with Crippen LogP contribution in [0.5, 0.6) is 0 Å². The quantitative estimate of drug-likeness (QED) is 0.162. The Morgan fingerprint density at radius 3 is 1.75 bits per heavy atom. The Labute approximate surface area is 213 Å². The highest BCUT2D eigenvalue weighted by Gasteiger charge is 2.32. The molecule has 4 aromatic carbocycles. The van der Waals surface area contributed by atoms with E-state index in [2.05, 4.69) is 17.6 Å². The fraction of sp³-hybridized carbons (Fsp3) is 0.0882. The summed E-state index contributed by atoms with van der Waals surface area (Å²) in [4.78, 5) is 0. The van der Waals surface area contributed by atoms with Gasteiger partial charge in [-0.15, -0.1) is 5.73 Å². The van der Waals surface area contributed by atoms with Gasteiger partial charge in [-0.25, -0.2) is 0 Å². The molecule has 1 aliphatic rings. The number of allylic oxidation sites excluding steroid dienone is 3. The van der Waals surface area contributed by atoms with Gasteiger partial charge in [0.05, 0.1) is 5.31 Å². The van der Waals surface area contributed by atoms with Crippen LogP contribution in [0.25, 0.3) is 5.31 Å². The molecule has 4 aromatic rings. The number of rotatable bonds is 5. The minimum atomic E-state index is -3.18. The Kier molecular flexibility index (Phi) is 7.30. The summed E-state index contributed by atoms with van der Waals surface area (Å²) >= 11 is 0. The molecule has 0 saturated heterocycles. The summed E-state index contributed by atoms with van der Waals surface area (Å²) in [6, 6.07) is 39.7. The van der Waals surface area contributed by atoms with E-state index in [0.29, 0.717) is 0 Å². The molecule has 1 nitrogen and oxygen atoms in total. The molecule has 5 rings (SSSR count). The minimum absolute atomic E-state index is 0.718. The van der Waals surface area contributed by atoms with Crippen molar-refractivity contribution < 1.29 is 4.57 Å². The third-order valence-electron chi connectivity index (χ3n) is 6.38. The first kappa shape index (κ1) is 23.7. The molecule has 2 heteroatoms. The average molecular weight is 483 g/mol. The molecule has 0 amide bonds. The van der Waals surface area contributed by atoms with Gasteiger partial charge < -0.3 is 4.57 Å². The lowest BCUT2D eigenvalue weighted by atomic mass is 10.1. The summed E-state index contributed by atoms with van der Waals surface area (Å²) in [7, 11) is -3.18. The molecule has 174 valence electrons. The molecule has 36 heavy (non-hydrogen) atoms. The van der Waals surface area contributed by atoms with Crippen LogP contribution in [-0.2, 0) is 4.57 Å². The Balaban J connectivity index is 1.70. The van der Waals surface area contributed by atoms with Crippen LogP contribution < -0.4 is 10.6 Å². The largest absolute Gasteiger partial charge is 0.308 e. The van der Waals surface area contributed by atoms with Crippen molar-refractivity contribution in [2.75, 3.05) is 0 Å². The number of hydrogen-bond donors (Lipinski definition) is 0. The second-order valence-electron chi connectivity index (χ2n) is 8.76. The maximum Gasteiger partial charge on any atom is 0.179 e. The lowest BCUT2D eigenvalue weighted by molar-refractivity contribution is 0.593. The van der Waals surface area contributed by atoms with Crippen molar-refractivity contribution in [3.63, 3.8) is 0 Å². The fourth-order valence-electron chi connectivity index (χ4n) is 4.53. The van der Waals surface area contributed by atoms with E-state index in [1.165, 1.54) is 5.57 Å². The topological polar surface area (TPSA) is 17.1 Å². The Morgan fingerprint density at radius 1 is 0.639 bits per heavy atom. The Hall–Kier alpha value is -4.07. The van der Waals surface area contributed by atoms with Crippen LogP contribution in [-0.4, -0.2) is 0 Å². The van der Waals surface area contributed by atoms with Gasteiger partial charge in [0, 0.05) is 21.7 Å². The third kappa shape index (κ3) is 5.12. The smallest absolute Gasteiger partial charge is 0.179 e. The highest BCUT2D eigenvalue weighted by atomic mass is 31.2. The monoisotopic (exact) mass is 482 g/mol. The van der Waals surface area contributed by atoms with Gasteiger partial charge in [-0.2, -0.15) is 0 Å². The minimum Gasteiger partial charge on any atom is -0.308 e. The zero-order valence-corrected chi connectivity index (χ0v) is 21.0. The first-order valence-electron chi connectivity index (χ1n) is 12.3. The molecule has 0 aromatic heterocycles. The van der Waals surface area contributed by atoms with Gasteiger partial charge in [0.25, 0.3) is 0 Å². The molecule has 0 spiro atoms. The van der Waals surface area contributed by atoms with Crippen molar-refractivity contribution in [3.05, 3.63) is 155 Å². The van der Waals surface area contributed by atoms with E-state index in [1.54, 1.807) is 0 Å². The number of benzene rings is 4. The van der Waals surface area contributed by atoms with Gasteiger partial charge in [-0.3, -0.25) is 0 Å². The van der Waals surface area contributed by atoms with Crippen LogP contribution in [0, 0.1) is 11.8 Å². The summed E-state index contributed by atoms with van der Waals surface area (Å²) in [6.45, 7) is 0. The highest BCUT2D eigenvalue weighted by molar-refractivity contribution is 7.87. The zero-order valence-electron chi connectivity index (χ0n) is 20.1. The van der Waals surface area contributed by atoms with Crippen LogP contribution >= 0.6 is 7.14 Å². The molecular formula is C34H27OP. The molecule has 0 aliphatic heterocycles. The van der Waals surface area contributed by atoms with Crippen LogP contribution in [0.4, 0.5) is 0 Å². The SMILES string of the molecule is O=P(C(=C=CC1=C(C#Cc2ccccc2)CCC1)c1ccccc1)(c1ccccc1)c1ccccc1. The summed E-state index contributed by atoms with van der Waals surface area (Å²) in [5.41, 5.74) is 7.80. The van der Waals surface area contributed by atoms with Crippen LogP contribution in [0.15, 0.2) is 144 Å². The maximum atomic E-state index is 15.2. The maximum absolute atomic E-state index is 15.2. The van der Waals surface area contributed by atoms with Crippen molar-refractivity contribution in [3.8, 4) is 11.8 Å². The molecular weight excluding hydrogens is 455 g/mol. The van der Waals surface area contributed by atoms with E-state index in [1.807, 2.05) is 127 Å². The van der Waals surface area contributed by atoms with Crippen molar-refractivity contribution in [1.29, 1.82) is 0 Å². The molecule has 0 bridgehead atoms. The molecule has 0 heterocycles. The molecule has 0 unspecified atom stereocenters. The second kappa shape index (κ2) is 11.1. The molecule has 0 saturated carbocycles. The van der Waals surface area contributed by atoms with Gasteiger partial charge in [-0.1, -0.05) is 121 Å². The van der Waals surface area contributed by atoms with Gasteiger partial charge in [0.1, 0.15) is 0 Å². The predicted molar refractivity (Wildman–Crippen MR) is 152 cm³/mol. The summed E-state index contributed by atoms with van der Waals surface area (Å²) < 4.78 is 15.2.